The second-order valence-electron chi connectivity index (χ2n) is 5.31. The van der Waals surface area contributed by atoms with Gasteiger partial charge in [-0.15, -0.1) is 11.8 Å². The van der Waals surface area contributed by atoms with E-state index < -0.39 is 10.0 Å². The Morgan fingerprint density at radius 3 is 2.75 bits per heavy atom. The third-order valence-corrected chi connectivity index (χ3v) is 6.85. The second kappa shape index (κ2) is 7.48. The maximum absolute atomic E-state index is 12.1. The Morgan fingerprint density at radius 2 is 2.05 bits per heavy atom. The van der Waals surface area contributed by atoms with Crippen molar-refractivity contribution in [2.75, 3.05) is 24.6 Å². The summed E-state index contributed by atoms with van der Waals surface area (Å²) in [7, 11) is -3.03. The van der Waals surface area contributed by atoms with Gasteiger partial charge in [0.05, 0.1) is 5.75 Å². The van der Waals surface area contributed by atoms with Crippen LogP contribution in [0.25, 0.3) is 0 Å². The van der Waals surface area contributed by atoms with Crippen LogP contribution in [0.2, 0.25) is 0 Å². The van der Waals surface area contributed by atoms with E-state index in [4.69, 9.17) is 0 Å². The number of hydrogen-bond acceptors (Lipinski definition) is 3. The van der Waals surface area contributed by atoms with Crippen LogP contribution >= 0.6 is 11.8 Å². The summed E-state index contributed by atoms with van der Waals surface area (Å²) in [6.45, 7) is 3.32. The van der Waals surface area contributed by atoms with Gasteiger partial charge < -0.3 is 0 Å². The standard InChI is InChI=1S/C15H23NO2S2/c1-2-11-20(17,18)16-10-6-7-14(12-16)13-19-15-8-4-3-5-9-15/h3-5,8-9,14H,2,6-7,10-13H2,1H3. The van der Waals surface area contributed by atoms with Crippen LogP contribution in [0.5, 0.6) is 0 Å². The van der Waals surface area contributed by atoms with Crippen molar-refractivity contribution in [3.63, 3.8) is 0 Å². The van der Waals surface area contributed by atoms with Gasteiger partial charge in [0.1, 0.15) is 0 Å². The van der Waals surface area contributed by atoms with Crippen LogP contribution in [0, 0.1) is 5.92 Å². The largest absolute Gasteiger partial charge is 0.214 e. The van der Waals surface area contributed by atoms with Crippen LogP contribution in [0.1, 0.15) is 26.2 Å². The van der Waals surface area contributed by atoms with Crippen LogP contribution in [0.4, 0.5) is 0 Å². The van der Waals surface area contributed by atoms with Gasteiger partial charge in [0.25, 0.3) is 0 Å². The fourth-order valence-electron chi connectivity index (χ4n) is 2.53. The van der Waals surface area contributed by atoms with Crippen molar-refractivity contribution in [2.45, 2.75) is 31.1 Å². The Labute approximate surface area is 126 Å². The molecule has 1 atom stereocenters. The number of rotatable bonds is 6. The zero-order valence-electron chi connectivity index (χ0n) is 12.0. The maximum atomic E-state index is 12.1. The van der Waals surface area contributed by atoms with E-state index >= 15 is 0 Å². The van der Waals surface area contributed by atoms with Gasteiger partial charge in [-0.2, -0.15) is 0 Å². The number of piperidine rings is 1. The van der Waals surface area contributed by atoms with Gasteiger partial charge in [0, 0.05) is 23.7 Å². The highest BCUT2D eigenvalue weighted by Gasteiger charge is 2.28. The number of thioether (sulfide) groups is 1. The quantitative estimate of drug-likeness (QED) is 0.757. The molecule has 3 nitrogen and oxygen atoms in total. The normalized spacial score (nSPS) is 20.9. The third kappa shape index (κ3) is 4.50. The molecule has 0 aromatic heterocycles. The lowest BCUT2D eigenvalue weighted by atomic mass is 10.0. The zero-order valence-corrected chi connectivity index (χ0v) is 13.6. The summed E-state index contributed by atoms with van der Waals surface area (Å²) < 4.78 is 26.0. The van der Waals surface area contributed by atoms with E-state index in [1.54, 1.807) is 4.31 Å². The Bertz CT molecular complexity index is 502. The second-order valence-corrected chi connectivity index (χ2v) is 8.49. The van der Waals surface area contributed by atoms with Crippen LogP contribution in [0.15, 0.2) is 35.2 Å². The van der Waals surface area contributed by atoms with E-state index in [0.717, 1.165) is 18.6 Å². The number of nitrogens with zero attached hydrogens (tertiary/aromatic N) is 1. The van der Waals surface area contributed by atoms with Gasteiger partial charge in [0.15, 0.2) is 0 Å². The minimum Gasteiger partial charge on any atom is -0.212 e. The summed E-state index contributed by atoms with van der Waals surface area (Å²) in [6.07, 6.45) is 2.82. The first kappa shape index (κ1) is 15.9. The molecule has 0 aliphatic carbocycles. The molecule has 2 rings (SSSR count). The smallest absolute Gasteiger partial charge is 0.212 e. The predicted octanol–water partition coefficient (Wildman–Crippen LogP) is 3.23. The predicted molar refractivity (Wildman–Crippen MR) is 85.5 cm³/mol. The SMILES string of the molecule is CCCS(=O)(=O)N1CCCC(CSc2ccccc2)C1. The third-order valence-electron chi connectivity index (χ3n) is 3.57. The summed E-state index contributed by atoms with van der Waals surface area (Å²) >= 11 is 1.83. The van der Waals surface area contributed by atoms with Gasteiger partial charge >= 0.3 is 0 Å². The first-order chi connectivity index (χ1) is 9.62. The fraction of sp³-hybridized carbons (Fsp3) is 0.600. The van der Waals surface area contributed by atoms with E-state index in [9.17, 15) is 8.42 Å². The van der Waals surface area contributed by atoms with Crippen molar-refractivity contribution in [1.29, 1.82) is 0 Å². The molecule has 1 unspecified atom stereocenters. The molecule has 0 saturated carbocycles. The Hall–Kier alpha value is -0.520. The molecule has 1 aromatic rings. The molecule has 0 N–H and O–H groups in total. The van der Waals surface area contributed by atoms with Gasteiger partial charge in [-0.1, -0.05) is 25.1 Å². The van der Waals surface area contributed by atoms with Crippen molar-refractivity contribution >= 4 is 21.8 Å². The minimum atomic E-state index is -3.03. The summed E-state index contributed by atoms with van der Waals surface area (Å²) in [5.41, 5.74) is 0. The maximum Gasteiger partial charge on any atom is 0.214 e. The lowest BCUT2D eigenvalue weighted by Gasteiger charge is -2.31. The average Bonchev–Trinajstić information content (AvgIpc) is 2.46. The van der Waals surface area contributed by atoms with Crippen molar-refractivity contribution in [1.82, 2.24) is 4.31 Å². The van der Waals surface area contributed by atoms with Gasteiger partial charge in [0.2, 0.25) is 10.0 Å². The van der Waals surface area contributed by atoms with E-state index in [0.29, 0.717) is 25.4 Å². The summed E-state index contributed by atoms with van der Waals surface area (Å²) in [4.78, 5) is 1.26. The minimum absolute atomic E-state index is 0.283. The molecule has 20 heavy (non-hydrogen) atoms. The highest BCUT2D eigenvalue weighted by molar-refractivity contribution is 7.99. The molecule has 1 heterocycles. The lowest BCUT2D eigenvalue weighted by Crippen LogP contribution is -2.41. The fourth-order valence-corrected chi connectivity index (χ4v) is 5.20. The van der Waals surface area contributed by atoms with Crippen molar-refractivity contribution < 1.29 is 8.42 Å². The molecule has 1 aliphatic heterocycles. The first-order valence-electron chi connectivity index (χ1n) is 7.27. The highest BCUT2D eigenvalue weighted by atomic mass is 32.2. The molecule has 1 fully saturated rings. The molecule has 0 amide bonds. The summed E-state index contributed by atoms with van der Waals surface area (Å²) in [6, 6.07) is 10.3. The Kier molecular flexibility index (Phi) is 5.93. The molecular formula is C15H23NO2S2. The summed E-state index contributed by atoms with van der Waals surface area (Å²) in [5.74, 6) is 1.76. The molecule has 1 aliphatic rings. The molecule has 0 spiro atoms. The average molecular weight is 313 g/mol. The van der Waals surface area contributed by atoms with Gasteiger partial charge in [-0.3, -0.25) is 0 Å². The van der Waals surface area contributed by atoms with Crippen molar-refractivity contribution in [2.24, 2.45) is 5.92 Å². The Balaban J connectivity index is 1.88. The molecule has 5 heteroatoms. The lowest BCUT2D eigenvalue weighted by molar-refractivity contribution is 0.284. The van der Waals surface area contributed by atoms with E-state index in [1.807, 2.05) is 36.9 Å². The van der Waals surface area contributed by atoms with Crippen molar-refractivity contribution in [3.8, 4) is 0 Å². The topological polar surface area (TPSA) is 37.4 Å². The zero-order chi connectivity index (χ0) is 14.4. The van der Waals surface area contributed by atoms with E-state index in [2.05, 4.69) is 12.1 Å². The van der Waals surface area contributed by atoms with Crippen LogP contribution in [-0.4, -0.2) is 37.3 Å². The first-order valence-corrected chi connectivity index (χ1v) is 9.87. The Morgan fingerprint density at radius 1 is 1.30 bits per heavy atom. The van der Waals surface area contributed by atoms with Crippen molar-refractivity contribution in [3.05, 3.63) is 30.3 Å². The number of benzene rings is 1. The molecule has 0 radical (unpaired) electrons. The van der Waals surface area contributed by atoms with E-state index in [1.165, 1.54) is 4.90 Å². The summed E-state index contributed by atoms with van der Waals surface area (Å²) in [5, 5.41) is 0. The molecule has 1 saturated heterocycles. The van der Waals surface area contributed by atoms with Gasteiger partial charge in [-0.25, -0.2) is 12.7 Å². The number of sulfonamides is 1. The molecular weight excluding hydrogens is 290 g/mol. The number of hydrogen-bond donors (Lipinski definition) is 0. The highest BCUT2D eigenvalue weighted by Crippen LogP contribution is 2.26. The van der Waals surface area contributed by atoms with Gasteiger partial charge in [-0.05, 0) is 37.3 Å². The molecule has 112 valence electrons. The monoisotopic (exact) mass is 313 g/mol. The van der Waals surface area contributed by atoms with E-state index in [-0.39, 0.29) is 5.75 Å². The van der Waals surface area contributed by atoms with Crippen LogP contribution in [0.3, 0.4) is 0 Å². The molecule has 1 aromatic carbocycles. The van der Waals surface area contributed by atoms with Crippen LogP contribution < -0.4 is 0 Å². The molecule has 0 bridgehead atoms. The van der Waals surface area contributed by atoms with Crippen LogP contribution in [-0.2, 0) is 10.0 Å².